The van der Waals surface area contributed by atoms with Crippen molar-refractivity contribution in [1.29, 1.82) is 0 Å². The highest BCUT2D eigenvalue weighted by molar-refractivity contribution is 5.92. The second-order valence-electron chi connectivity index (χ2n) is 6.10. The molecule has 1 aromatic carbocycles. The Kier molecular flexibility index (Phi) is 2.84. The van der Waals surface area contributed by atoms with E-state index in [9.17, 15) is 9.59 Å². The van der Waals surface area contributed by atoms with Crippen molar-refractivity contribution in [1.82, 2.24) is 0 Å². The minimum Gasteiger partial charge on any atom is -0.458 e. The highest BCUT2D eigenvalue weighted by Crippen LogP contribution is 2.46. The number of carbonyl (C=O) groups excluding carboxylic acids is 1. The number of hydrogen-bond acceptors (Lipinski definition) is 4. The summed E-state index contributed by atoms with van der Waals surface area (Å²) in [6.45, 7) is 0. The molecular formula is C17H16O4. The molecular weight excluding hydrogens is 268 g/mol. The lowest BCUT2D eigenvalue weighted by molar-refractivity contribution is 0.0154. The molecule has 2 bridgehead atoms. The number of carbonyl (C=O) groups is 1. The van der Waals surface area contributed by atoms with E-state index in [4.69, 9.17) is 9.15 Å². The van der Waals surface area contributed by atoms with Crippen molar-refractivity contribution in [2.75, 3.05) is 0 Å². The van der Waals surface area contributed by atoms with Gasteiger partial charge < -0.3 is 9.15 Å². The Hall–Kier alpha value is -2.10. The minimum atomic E-state index is -0.623. The summed E-state index contributed by atoms with van der Waals surface area (Å²) < 4.78 is 10.7. The molecule has 0 N–H and O–H groups in total. The third-order valence-corrected chi connectivity index (χ3v) is 4.79. The fraction of sp³-hybridized carbons (Fsp3) is 0.412. The van der Waals surface area contributed by atoms with Crippen molar-refractivity contribution in [3.8, 4) is 0 Å². The predicted octanol–water partition coefficient (Wildman–Crippen LogP) is 3.14. The van der Waals surface area contributed by atoms with Crippen LogP contribution in [0.25, 0.3) is 11.0 Å². The Labute approximate surface area is 121 Å². The Balaban J connectivity index is 1.62. The molecule has 1 heterocycles. The van der Waals surface area contributed by atoms with Gasteiger partial charge in [-0.1, -0.05) is 18.2 Å². The summed E-state index contributed by atoms with van der Waals surface area (Å²) in [6.07, 6.45) is 4.45. The van der Waals surface area contributed by atoms with Crippen LogP contribution in [-0.4, -0.2) is 12.1 Å². The summed E-state index contributed by atoms with van der Waals surface area (Å²) in [4.78, 5) is 24.2. The fourth-order valence-corrected chi connectivity index (χ4v) is 3.74. The van der Waals surface area contributed by atoms with E-state index in [1.165, 1.54) is 6.42 Å². The summed E-state index contributed by atoms with van der Waals surface area (Å²) in [5.41, 5.74) is -0.141. The van der Waals surface area contributed by atoms with E-state index in [0.29, 0.717) is 17.4 Å². The average Bonchev–Trinajstić information content (AvgIpc) is 3.09. The first-order valence-electron chi connectivity index (χ1n) is 7.44. The third kappa shape index (κ3) is 2.15. The molecule has 21 heavy (non-hydrogen) atoms. The van der Waals surface area contributed by atoms with Crippen molar-refractivity contribution in [2.24, 2.45) is 11.8 Å². The Morgan fingerprint density at radius 2 is 2.05 bits per heavy atom. The predicted molar refractivity (Wildman–Crippen MR) is 77.1 cm³/mol. The van der Waals surface area contributed by atoms with Gasteiger partial charge in [0.2, 0.25) is 0 Å². The Morgan fingerprint density at radius 1 is 1.19 bits per heavy atom. The van der Waals surface area contributed by atoms with E-state index in [0.717, 1.165) is 24.6 Å². The maximum atomic E-state index is 12.3. The lowest BCUT2D eigenvalue weighted by Crippen LogP contribution is -2.26. The van der Waals surface area contributed by atoms with Crippen molar-refractivity contribution in [2.45, 2.75) is 31.8 Å². The van der Waals surface area contributed by atoms with Gasteiger partial charge in [-0.05, 0) is 49.7 Å². The molecule has 0 unspecified atom stereocenters. The lowest BCUT2D eigenvalue weighted by atomic mass is 9.98. The molecule has 3 atom stereocenters. The van der Waals surface area contributed by atoms with Crippen molar-refractivity contribution < 1.29 is 13.9 Å². The summed E-state index contributed by atoms with van der Waals surface area (Å²) in [5.74, 6) is 0.624. The largest absolute Gasteiger partial charge is 0.458 e. The van der Waals surface area contributed by atoms with Crippen molar-refractivity contribution >= 4 is 16.9 Å². The van der Waals surface area contributed by atoms with E-state index in [2.05, 4.69) is 0 Å². The summed E-state index contributed by atoms with van der Waals surface area (Å²) in [7, 11) is 0. The molecule has 4 heteroatoms. The first-order valence-corrected chi connectivity index (χ1v) is 7.44. The maximum Gasteiger partial charge on any atom is 0.351 e. The molecule has 108 valence electrons. The number of esters is 1. The molecule has 4 rings (SSSR count). The Morgan fingerprint density at radius 3 is 2.81 bits per heavy atom. The number of ether oxygens (including phenoxy) is 1. The molecule has 4 nitrogen and oxygen atoms in total. The van der Waals surface area contributed by atoms with Gasteiger partial charge in [0.25, 0.3) is 0 Å². The SMILES string of the molecule is O=C(O[C@@H]1C[C@H]2CC[C@H]1C2)c1cc2ccccc2oc1=O. The highest BCUT2D eigenvalue weighted by atomic mass is 16.5. The average molecular weight is 284 g/mol. The Bertz CT molecular complexity index is 761. The van der Waals surface area contributed by atoms with Gasteiger partial charge in [-0.25, -0.2) is 9.59 Å². The topological polar surface area (TPSA) is 56.5 Å². The zero-order valence-electron chi connectivity index (χ0n) is 11.6. The molecule has 2 aliphatic rings. The van der Waals surface area contributed by atoms with Gasteiger partial charge in [-0.2, -0.15) is 0 Å². The minimum absolute atomic E-state index is 0.00327. The standard InChI is InChI=1S/C17H16O4/c18-16-13(9-11-3-1-2-4-14(11)20-16)17(19)21-15-8-10-5-6-12(15)7-10/h1-4,9-10,12,15H,5-8H2/t10-,12-,15+/m0/s1. The van der Waals surface area contributed by atoms with Crippen LogP contribution >= 0.6 is 0 Å². The normalized spacial score (nSPS) is 27.1. The third-order valence-electron chi connectivity index (χ3n) is 4.79. The second-order valence-corrected chi connectivity index (χ2v) is 6.10. The van der Waals surface area contributed by atoms with Crippen LogP contribution < -0.4 is 5.63 Å². The molecule has 2 aliphatic carbocycles. The van der Waals surface area contributed by atoms with E-state index in [1.54, 1.807) is 18.2 Å². The van der Waals surface area contributed by atoms with Crippen LogP contribution in [0.5, 0.6) is 0 Å². The van der Waals surface area contributed by atoms with Crippen LogP contribution in [0.2, 0.25) is 0 Å². The molecule has 0 amide bonds. The van der Waals surface area contributed by atoms with Crippen LogP contribution in [0.3, 0.4) is 0 Å². The van der Waals surface area contributed by atoms with Crippen LogP contribution in [0.1, 0.15) is 36.0 Å². The first kappa shape index (κ1) is 12.6. The zero-order chi connectivity index (χ0) is 14.4. The van der Waals surface area contributed by atoms with Crippen LogP contribution in [0.4, 0.5) is 0 Å². The van der Waals surface area contributed by atoms with Crippen LogP contribution in [0, 0.1) is 11.8 Å². The molecule has 2 fully saturated rings. The number of para-hydroxylation sites is 1. The number of fused-ring (bicyclic) bond motifs is 3. The number of hydrogen-bond donors (Lipinski definition) is 0. The van der Waals surface area contributed by atoms with Gasteiger partial charge >= 0.3 is 11.6 Å². The summed E-state index contributed by atoms with van der Waals surface area (Å²) in [5, 5.41) is 0.733. The van der Waals surface area contributed by atoms with E-state index in [-0.39, 0.29) is 11.7 Å². The molecule has 0 radical (unpaired) electrons. The van der Waals surface area contributed by atoms with Crippen molar-refractivity contribution in [3.05, 3.63) is 46.3 Å². The van der Waals surface area contributed by atoms with Gasteiger partial charge in [-0.3, -0.25) is 0 Å². The first-order chi connectivity index (χ1) is 10.2. The van der Waals surface area contributed by atoms with Gasteiger partial charge in [0.05, 0.1) is 0 Å². The molecule has 2 saturated carbocycles. The van der Waals surface area contributed by atoms with Gasteiger partial charge in [0.15, 0.2) is 0 Å². The van der Waals surface area contributed by atoms with Gasteiger partial charge in [0, 0.05) is 5.39 Å². The molecule has 1 aromatic heterocycles. The van der Waals surface area contributed by atoms with Crippen molar-refractivity contribution in [3.63, 3.8) is 0 Å². The lowest BCUT2D eigenvalue weighted by Gasteiger charge is -2.21. The smallest absolute Gasteiger partial charge is 0.351 e. The molecule has 0 spiro atoms. The van der Waals surface area contributed by atoms with Gasteiger partial charge in [0.1, 0.15) is 17.3 Å². The molecule has 0 saturated heterocycles. The molecule has 2 aromatic rings. The van der Waals surface area contributed by atoms with E-state index < -0.39 is 11.6 Å². The molecule has 0 aliphatic heterocycles. The maximum absolute atomic E-state index is 12.3. The number of rotatable bonds is 2. The summed E-state index contributed by atoms with van der Waals surface area (Å²) >= 11 is 0. The summed E-state index contributed by atoms with van der Waals surface area (Å²) in [6, 6.07) is 8.72. The quantitative estimate of drug-likeness (QED) is 0.628. The monoisotopic (exact) mass is 284 g/mol. The second kappa shape index (κ2) is 4.72. The highest BCUT2D eigenvalue weighted by Gasteiger charge is 2.42. The van der Waals surface area contributed by atoms with Crippen LogP contribution in [-0.2, 0) is 4.74 Å². The number of benzene rings is 1. The van der Waals surface area contributed by atoms with Gasteiger partial charge in [-0.15, -0.1) is 0 Å². The van der Waals surface area contributed by atoms with E-state index in [1.807, 2.05) is 12.1 Å². The van der Waals surface area contributed by atoms with Crippen LogP contribution in [0.15, 0.2) is 39.5 Å². The van der Waals surface area contributed by atoms with E-state index >= 15 is 0 Å². The zero-order valence-corrected chi connectivity index (χ0v) is 11.6. The fourth-order valence-electron chi connectivity index (χ4n) is 3.74.